The number of carbonyl (C=O) groups excluding carboxylic acids is 6. The van der Waals surface area contributed by atoms with Crippen LogP contribution in [0.4, 0.5) is 27.8 Å². The van der Waals surface area contributed by atoms with Crippen molar-refractivity contribution in [3.05, 3.63) is 147 Å². The maximum atomic E-state index is 12.6. The maximum Gasteiger partial charge on any atom is 0.408 e. The number of amides is 2. The molecular weight excluding hydrogens is 1560 g/mol. The molecule has 0 bridgehead atoms. The highest BCUT2D eigenvalue weighted by atomic mass is 35.5. The number of pyridine rings is 6. The van der Waals surface area contributed by atoms with Crippen LogP contribution in [0.1, 0.15) is 187 Å². The van der Waals surface area contributed by atoms with Crippen molar-refractivity contribution in [3.8, 4) is 0 Å². The summed E-state index contributed by atoms with van der Waals surface area (Å²) in [5.41, 5.74) is 9.10. The van der Waals surface area contributed by atoms with E-state index in [1.807, 2.05) is 40.0 Å². The molecule has 0 spiro atoms. The van der Waals surface area contributed by atoms with Crippen LogP contribution >= 0.6 is 116 Å². The third kappa shape index (κ3) is 26.9. The van der Waals surface area contributed by atoms with E-state index >= 15 is 0 Å². The van der Waals surface area contributed by atoms with E-state index in [0.29, 0.717) is 96.1 Å². The predicted octanol–water partition coefficient (Wildman–Crippen LogP) is 18.7. The minimum Gasteiger partial charge on any atom is -0.444 e. The lowest BCUT2D eigenvalue weighted by Gasteiger charge is -2.43. The normalized spacial score (nSPS) is 17.3. The number of alkyl carbamates (subject to hydrolysis) is 1. The molecule has 0 unspecified atom stereocenters. The Labute approximate surface area is 673 Å². The van der Waals surface area contributed by atoms with E-state index in [1.54, 1.807) is 93.4 Å². The Morgan fingerprint density at radius 2 is 0.896 bits per heavy atom. The van der Waals surface area contributed by atoms with Crippen LogP contribution in [0.15, 0.2) is 72.8 Å². The van der Waals surface area contributed by atoms with Gasteiger partial charge in [0.05, 0.1) is 35.5 Å². The molecule has 30 heteroatoms. The number of halogens is 10. The number of nitrogens with zero attached hydrogens (tertiary/aromatic N) is 9. The number of Topliss-reactive ketones (excluding diaryl/α,β-unsaturated/α-hetero) is 4. The Morgan fingerprint density at radius 1 is 0.509 bits per heavy atom. The molecule has 3 aliphatic carbocycles. The molecular formula is C76H97Cl10N13O7. The van der Waals surface area contributed by atoms with Crippen molar-refractivity contribution < 1.29 is 33.5 Å². The van der Waals surface area contributed by atoms with Gasteiger partial charge in [-0.2, -0.15) is 0 Å². The number of carbonyl (C=O) groups is 6. The standard InChI is InChI=1S/C15H20Cl2N2O3.C15H20Cl2N2O.C15H20ClN3O.C15H19ClN2O.C11H14Cl2N2O.C5H4Cl2N2/c1-5-10(18-14(21)22-15(2,3)4)11(20)8-9-6-7-12(16)19-13(9)17;1-2-12(18-11-5-3-4-6-11)13(20)9-10-7-8-14(16)19-15(10)17;1-3-11-15(20)18(2)12-8-9-13(16)17-14(12)19(11)10-6-4-5-7-10;1-2-12-13(19)9-10-7-8-14(16)17-15(10)18(12)11-5-3-4-6-11;1-3-8(14-2)9(16)6-7-4-5-10(12)15-11(7)13;6-4-2-1-3(8)5(7)9-4/h6-7,10H,5,8H2,1-4H3,(H,18,21);7-8,11-12,18H,2-6,9H2,1H3;8-11H,3-7H2,1-2H3;7-8,11-12H,2-6,9H2,1H3;4-5,8,14H,3,6H2,1-2H3;1-2H,8H2/t10-;12-;11-;12-;8-;/m11111./s1. The molecule has 0 aromatic carbocycles. The fourth-order valence-electron chi connectivity index (χ4n) is 13.3. The van der Waals surface area contributed by atoms with Gasteiger partial charge in [0.25, 0.3) is 0 Å². The van der Waals surface area contributed by atoms with Gasteiger partial charge in [0, 0.05) is 56.4 Å². The van der Waals surface area contributed by atoms with Crippen LogP contribution in [0.2, 0.25) is 51.5 Å². The summed E-state index contributed by atoms with van der Waals surface area (Å²) in [5.74, 6) is 2.42. The molecule has 8 heterocycles. The Morgan fingerprint density at radius 3 is 1.31 bits per heavy atom. The first-order valence-electron chi connectivity index (χ1n) is 36.0. The highest BCUT2D eigenvalue weighted by Crippen LogP contribution is 2.41. The SMILES string of the molecule is CC[C@@H](NC(=O)OC(C)(C)C)C(=O)Cc1ccc(Cl)nc1Cl.CC[C@@H](NC)C(=O)Cc1ccc(Cl)nc1Cl.CC[C@@H](NC1CCCC1)C(=O)Cc1ccc(Cl)nc1Cl.CC[C@@H]1C(=O)Cc2ccc(Cl)nc2N1C1CCCC1.CC[C@@H]1C(=O)N(C)c2ccc(Cl)nc2N1C1CCCC1.Nc1ccc(Cl)nc1Cl. The number of aromatic nitrogens is 6. The van der Waals surface area contributed by atoms with Crippen LogP contribution in [0, 0.1) is 0 Å². The fraction of sp³-hybridized carbons (Fsp3) is 0.526. The van der Waals surface area contributed by atoms with Crippen molar-refractivity contribution in [2.24, 2.45) is 0 Å². The average molecular weight is 1660 g/mol. The van der Waals surface area contributed by atoms with E-state index in [2.05, 4.69) is 69.5 Å². The van der Waals surface area contributed by atoms with E-state index in [4.69, 9.17) is 126 Å². The largest absolute Gasteiger partial charge is 0.444 e. The molecule has 6 aromatic rings. The second-order valence-electron chi connectivity index (χ2n) is 27.3. The second kappa shape index (κ2) is 43.8. The quantitative estimate of drug-likeness (QED) is 0.0518. The number of nitrogens with two attached hydrogens (primary N) is 1. The lowest BCUT2D eigenvalue weighted by atomic mass is 9.93. The van der Waals surface area contributed by atoms with Crippen LogP contribution in [0.3, 0.4) is 0 Å². The van der Waals surface area contributed by atoms with Gasteiger partial charge in [-0.1, -0.05) is 213 Å². The van der Waals surface area contributed by atoms with Gasteiger partial charge in [-0.15, -0.1) is 0 Å². The average Bonchev–Trinajstić information content (AvgIpc) is 1.17. The molecule has 2 aliphatic heterocycles. The molecule has 2 amide bonds. The van der Waals surface area contributed by atoms with Crippen LogP contribution in [-0.4, -0.2) is 133 Å². The number of rotatable bonds is 20. The van der Waals surface area contributed by atoms with Crippen molar-refractivity contribution >= 4 is 174 Å². The Hall–Kier alpha value is -5.46. The minimum atomic E-state index is -0.637. The lowest BCUT2D eigenvalue weighted by Crippen LogP contribution is -2.55. The molecule has 6 aromatic heterocycles. The first-order valence-corrected chi connectivity index (χ1v) is 39.8. The smallest absolute Gasteiger partial charge is 0.408 e. The van der Waals surface area contributed by atoms with Gasteiger partial charge >= 0.3 is 6.09 Å². The predicted molar refractivity (Wildman–Crippen MR) is 432 cm³/mol. The molecule has 20 nitrogen and oxygen atoms in total. The molecule has 5 atom stereocenters. The Balaban J connectivity index is 0.000000202. The molecule has 106 heavy (non-hydrogen) atoms. The lowest BCUT2D eigenvalue weighted by molar-refractivity contribution is -0.121. The summed E-state index contributed by atoms with van der Waals surface area (Å²) in [6.45, 7) is 15.2. The third-order valence-electron chi connectivity index (χ3n) is 18.7. The van der Waals surface area contributed by atoms with E-state index < -0.39 is 17.7 Å². The minimum absolute atomic E-state index is 0.0124. The van der Waals surface area contributed by atoms with Crippen molar-refractivity contribution in [2.45, 2.75) is 244 Å². The van der Waals surface area contributed by atoms with E-state index in [0.717, 1.165) is 79.8 Å². The van der Waals surface area contributed by atoms with E-state index in [-0.39, 0.29) is 75.7 Å². The van der Waals surface area contributed by atoms with Crippen molar-refractivity contribution in [2.75, 3.05) is 34.5 Å². The van der Waals surface area contributed by atoms with Gasteiger partial charge in [0.15, 0.2) is 34.1 Å². The number of likely N-dealkylation sites (N-methyl/N-ethyl adjacent to an activating group) is 2. The molecule has 0 saturated heterocycles. The zero-order valence-electron chi connectivity index (χ0n) is 61.6. The number of nitrogen functional groups attached to an aromatic ring is 1. The van der Waals surface area contributed by atoms with Gasteiger partial charge in [-0.3, -0.25) is 24.0 Å². The Kier molecular flexibility index (Phi) is 37.0. The summed E-state index contributed by atoms with van der Waals surface area (Å²) in [7, 11) is 3.60. The highest BCUT2D eigenvalue weighted by Gasteiger charge is 2.42. The van der Waals surface area contributed by atoms with Crippen LogP contribution in [0.25, 0.3) is 0 Å². The van der Waals surface area contributed by atoms with Gasteiger partial charge in [-0.05, 0) is 164 Å². The summed E-state index contributed by atoms with van der Waals surface area (Å²) < 4.78 is 5.15. The van der Waals surface area contributed by atoms with Crippen molar-refractivity contribution in [3.63, 3.8) is 0 Å². The van der Waals surface area contributed by atoms with Gasteiger partial charge in [0.1, 0.15) is 63.8 Å². The van der Waals surface area contributed by atoms with E-state index in [1.165, 1.54) is 51.4 Å². The first kappa shape index (κ1) is 89.4. The van der Waals surface area contributed by atoms with E-state index in [9.17, 15) is 28.8 Å². The molecule has 3 fully saturated rings. The summed E-state index contributed by atoms with van der Waals surface area (Å²) in [5, 5.41) is 12.4. The number of nitrogens with one attached hydrogen (secondary N) is 3. The number of ether oxygens (including phenoxy) is 1. The van der Waals surface area contributed by atoms with Crippen LogP contribution in [-0.2, 0) is 54.4 Å². The highest BCUT2D eigenvalue weighted by molar-refractivity contribution is 6.35. The molecule has 5 N–H and O–H groups in total. The molecule has 11 rings (SSSR count). The topological polar surface area (TPSA) is 261 Å². The summed E-state index contributed by atoms with van der Waals surface area (Å²) >= 11 is 58.1. The van der Waals surface area contributed by atoms with Gasteiger partial charge in [0.2, 0.25) is 5.91 Å². The maximum absolute atomic E-state index is 12.6. The zero-order valence-corrected chi connectivity index (χ0v) is 69.2. The number of hydrogen-bond acceptors (Lipinski definition) is 18. The fourth-order valence-corrected chi connectivity index (χ4v) is 15.1. The van der Waals surface area contributed by atoms with Crippen LogP contribution < -0.4 is 36.4 Å². The monoisotopic (exact) mass is 1650 g/mol. The molecule has 0 radical (unpaired) electrons. The first-order chi connectivity index (χ1) is 50.3. The summed E-state index contributed by atoms with van der Waals surface area (Å²) in [6.07, 6.45) is 18.6. The zero-order chi connectivity index (χ0) is 78.1. The number of hydrogen-bond donors (Lipinski definition) is 4. The van der Waals surface area contributed by atoms with Gasteiger partial charge < -0.3 is 41.1 Å². The molecule has 578 valence electrons. The summed E-state index contributed by atoms with van der Waals surface area (Å²) in [6, 6.07) is 21.0. The van der Waals surface area contributed by atoms with Crippen LogP contribution in [0.5, 0.6) is 0 Å². The third-order valence-corrected chi connectivity index (χ3v) is 21.2. The molecule has 3 saturated carbocycles. The Bertz CT molecular complexity index is 3930. The van der Waals surface area contributed by atoms with Crippen molar-refractivity contribution in [1.29, 1.82) is 0 Å². The molecule has 5 aliphatic rings. The number of ketones is 4. The number of anilines is 4. The summed E-state index contributed by atoms with van der Waals surface area (Å²) in [4.78, 5) is 104. The number of fused-ring (bicyclic) bond motifs is 2. The second-order valence-corrected chi connectivity index (χ2v) is 31.1. The van der Waals surface area contributed by atoms with Crippen molar-refractivity contribution in [1.82, 2.24) is 45.9 Å². The van der Waals surface area contributed by atoms with Gasteiger partial charge in [-0.25, -0.2) is 34.7 Å².